The van der Waals surface area contributed by atoms with E-state index in [1.807, 2.05) is 20.8 Å². The molecule has 0 saturated heterocycles. The standard InChI is InChI=1S/C28H31N9O4.C2HF3O2/c1-4-40-23-15-18(11-14-22(23)41-16(2)3)24(31-19-12-9-17(10-13-19)25(29)30)28(39)35-34-27(38)21-8-6-5-7-20(21)26-32-36-37-33-26;3-2(4,5)1(6)7/h5-16,24,31H,4H2,1-3H3,(H3,29,30)(H,34,38)(H,35,39)(H,32,33,36,37);(H,6,7). The Labute approximate surface area is 271 Å². The number of amides is 2. The lowest BCUT2D eigenvalue weighted by Crippen LogP contribution is -2.45. The summed E-state index contributed by atoms with van der Waals surface area (Å²) in [5, 5.41) is 31.7. The number of aromatic amines is 1. The van der Waals surface area contributed by atoms with Gasteiger partial charge in [0.2, 0.25) is 5.82 Å². The average molecular weight is 672 g/mol. The van der Waals surface area contributed by atoms with Crippen LogP contribution in [0.2, 0.25) is 0 Å². The Morgan fingerprint density at radius 3 is 2.25 bits per heavy atom. The zero-order valence-electron chi connectivity index (χ0n) is 25.8. The van der Waals surface area contributed by atoms with E-state index in [2.05, 4.69) is 36.8 Å². The highest BCUT2D eigenvalue weighted by atomic mass is 19.4. The number of ether oxygens (including phenoxy) is 2. The van der Waals surface area contributed by atoms with E-state index in [4.69, 9.17) is 30.5 Å². The van der Waals surface area contributed by atoms with Gasteiger partial charge in [0.15, 0.2) is 11.5 Å². The molecular weight excluding hydrogens is 639 g/mol. The maximum Gasteiger partial charge on any atom is 0.490 e. The summed E-state index contributed by atoms with van der Waals surface area (Å²) >= 11 is 0. The molecule has 0 aliphatic carbocycles. The van der Waals surface area contributed by atoms with Crippen LogP contribution in [0.4, 0.5) is 18.9 Å². The summed E-state index contributed by atoms with van der Waals surface area (Å²) in [5.41, 5.74) is 12.9. The molecule has 1 unspecified atom stereocenters. The Bertz CT molecular complexity index is 1720. The number of carboxylic acids is 1. The van der Waals surface area contributed by atoms with E-state index in [0.29, 0.717) is 40.5 Å². The summed E-state index contributed by atoms with van der Waals surface area (Å²) in [5.74, 6) is -2.69. The first-order valence-electron chi connectivity index (χ1n) is 14.1. The van der Waals surface area contributed by atoms with Crippen LogP contribution in [0.25, 0.3) is 11.4 Å². The summed E-state index contributed by atoms with van der Waals surface area (Å²) in [6.45, 7) is 6.06. The SMILES string of the molecule is CCOc1cc(C(Nc2ccc(C(=N)N)cc2)C(=O)NNC(=O)c2ccccc2-c2nn[nH]n2)ccc1OC(C)C.O=C(O)C(F)(F)F. The van der Waals surface area contributed by atoms with Crippen molar-refractivity contribution in [2.24, 2.45) is 5.73 Å². The Morgan fingerprint density at radius 2 is 1.69 bits per heavy atom. The lowest BCUT2D eigenvalue weighted by molar-refractivity contribution is -0.192. The van der Waals surface area contributed by atoms with E-state index in [-0.39, 0.29) is 23.3 Å². The lowest BCUT2D eigenvalue weighted by atomic mass is 10.0. The molecule has 1 heterocycles. The number of H-pyrrole nitrogens is 1. The number of rotatable bonds is 11. The summed E-state index contributed by atoms with van der Waals surface area (Å²) in [6.07, 6.45) is -5.16. The molecule has 0 saturated carbocycles. The molecule has 0 bridgehead atoms. The van der Waals surface area contributed by atoms with E-state index in [9.17, 15) is 22.8 Å². The normalized spacial score (nSPS) is 11.4. The van der Waals surface area contributed by atoms with Crippen LogP contribution < -0.4 is 31.4 Å². The van der Waals surface area contributed by atoms with Crippen molar-refractivity contribution in [2.75, 3.05) is 11.9 Å². The number of nitrogens with two attached hydrogens (primary N) is 1. The smallest absolute Gasteiger partial charge is 0.490 e. The number of hydrazine groups is 1. The maximum atomic E-state index is 13.6. The minimum absolute atomic E-state index is 0.0724. The molecule has 1 aromatic heterocycles. The van der Waals surface area contributed by atoms with Crippen molar-refractivity contribution < 1.29 is 42.1 Å². The van der Waals surface area contributed by atoms with Gasteiger partial charge in [-0.15, -0.1) is 10.2 Å². The molecule has 254 valence electrons. The molecule has 1 atom stereocenters. The van der Waals surface area contributed by atoms with Crippen molar-refractivity contribution in [3.63, 3.8) is 0 Å². The number of nitrogens with zero attached hydrogens (tertiary/aromatic N) is 3. The molecule has 0 aliphatic rings. The number of aliphatic carboxylic acids is 1. The summed E-state index contributed by atoms with van der Waals surface area (Å²) in [7, 11) is 0. The Morgan fingerprint density at radius 1 is 1.02 bits per heavy atom. The molecule has 3 aromatic carbocycles. The molecule has 0 radical (unpaired) electrons. The number of carboxylic acid groups (broad SMARTS) is 1. The van der Waals surface area contributed by atoms with Crippen LogP contribution in [0.3, 0.4) is 0 Å². The monoisotopic (exact) mass is 671 g/mol. The van der Waals surface area contributed by atoms with Gasteiger partial charge in [-0.3, -0.25) is 25.8 Å². The number of amidine groups is 1. The number of hydrogen-bond donors (Lipinski definition) is 7. The van der Waals surface area contributed by atoms with Gasteiger partial charge >= 0.3 is 12.1 Å². The van der Waals surface area contributed by atoms with Gasteiger partial charge in [0, 0.05) is 16.8 Å². The second kappa shape index (κ2) is 16.4. The summed E-state index contributed by atoms with van der Waals surface area (Å²) < 4.78 is 43.4. The van der Waals surface area contributed by atoms with Gasteiger partial charge in [0.05, 0.1) is 18.3 Å². The summed E-state index contributed by atoms with van der Waals surface area (Å²) in [4.78, 5) is 35.5. The van der Waals surface area contributed by atoms with Gasteiger partial charge in [0.25, 0.3) is 11.8 Å². The fourth-order valence-electron chi connectivity index (χ4n) is 3.95. The van der Waals surface area contributed by atoms with E-state index >= 15 is 0 Å². The minimum atomic E-state index is -5.08. The third-order valence-corrected chi connectivity index (χ3v) is 6.03. The predicted molar refractivity (Wildman–Crippen MR) is 166 cm³/mol. The zero-order chi connectivity index (χ0) is 35.4. The first kappa shape index (κ1) is 36.3. The molecule has 48 heavy (non-hydrogen) atoms. The number of tetrazole rings is 1. The van der Waals surface area contributed by atoms with Gasteiger partial charge in [-0.05, 0) is 74.0 Å². The van der Waals surface area contributed by atoms with Crippen molar-refractivity contribution >= 4 is 29.3 Å². The number of halogens is 3. The number of hydrogen-bond acceptors (Lipinski definition) is 10. The highest BCUT2D eigenvalue weighted by Crippen LogP contribution is 2.33. The first-order chi connectivity index (χ1) is 22.7. The molecule has 2 amide bonds. The molecule has 4 aromatic rings. The van der Waals surface area contributed by atoms with Crippen LogP contribution in [0, 0.1) is 5.41 Å². The largest absolute Gasteiger partial charge is 0.490 e. The highest BCUT2D eigenvalue weighted by Gasteiger charge is 2.38. The third-order valence-electron chi connectivity index (χ3n) is 6.03. The molecular formula is C30H32F3N9O6. The first-order valence-corrected chi connectivity index (χ1v) is 14.1. The Hall–Kier alpha value is -6.20. The number of nitrogen functional groups attached to an aromatic ring is 1. The van der Waals surface area contributed by atoms with Crippen LogP contribution in [-0.4, -0.2) is 68.2 Å². The van der Waals surface area contributed by atoms with Crippen molar-refractivity contribution in [3.8, 4) is 22.9 Å². The fourth-order valence-corrected chi connectivity index (χ4v) is 3.95. The van der Waals surface area contributed by atoms with E-state index < -0.39 is 30.0 Å². The van der Waals surface area contributed by atoms with Crippen molar-refractivity contribution in [2.45, 2.75) is 39.1 Å². The van der Waals surface area contributed by atoms with Crippen LogP contribution in [-0.2, 0) is 9.59 Å². The Kier molecular flexibility index (Phi) is 12.4. The van der Waals surface area contributed by atoms with Crippen molar-refractivity contribution in [3.05, 3.63) is 83.4 Å². The second-order valence-corrected chi connectivity index (χ2v) is 9.90. The number of carbonyl (C=O) groups excluding carboxylic acids is 2. The third kappa shape index (κ3) is 10.2. The minimum Gasteiger partial charge on any atom is -0.490 e. The quantitative estimate of drug-likeness (QED) is 0.0692. The van der Waals surface area contributed by atoms with Crippen LogP contribution in [0.1, 0.15) is 48.3 Å². The van der Waals surface area contributed by atoms with Gasteiger partial charge in [-0.25, -0.2) is 4.79 Å². The Balaban J connectivity index is 0.000000804. The highest BCUT2D eigenvalue weighted by molar-refractivity contribution is 6.01. The second-order valence-electron chi connectivity index (χ2n) is 9.90. The van der Waals surface area contributed by atoms with Crippen molar-refractivity contribution in [1.29, 1.82) is 5.41 Å². The molecule has 8 N–H and O–H groups in total. The predicted octanol–water partition coefficient (Wildman–Crippen LogP) is 3.58. The van der Waals surface area contributed by atoms with E-state index in [1.165, 1.54) is 0 Å². The van der Waals surface area contributed by atoms with Gasteiger partial charge in [-0.1, -0.05) is 24.3 Å². The molecule has 15 nitrogen and oxygen atoms in total. The number of benzene rings is 3. The molecule has 0 fully saturated rings. The molecule has 0 spiro atoms. The van der Waals surface area contributed by atoms with E-state index in [1.54, 1.807) is 66.7 Å². The number of carbonyl (C=O) groups is 3. The van der Waals surface area contributed by atoms with E-state index in [0.717, 1.165) is 0 Å². The van der Waals surface area contributed by atoms with Crippen molar-refractivity contribution in [1.82, 2.24) is 31.5 Å². The lowest BCUT2D eigenvalue weighted by Gasteiger charge is -2.22. The number of nitrogens with one attached hydrogen (secondary N) is 5. The number of anilines is 1. The fraction of sp³-hybridized carbons (Fsp3) is 0.233. The van der Waals surface area contributed by atoms with Crippen LogP contribution >= 0.6 is 0 Å². The number of alkyl halides is 3. The van der Waals surface area contributed by atoms with Gasteiger partial charge in [-0.2, -0.15) is 18.4 Å². The van der Waals surface area contributed by atoms with Gasteiger partial charge in [0.1, 0.15) is 11.9 Å². The molecule has 4 rings (SSSR count). The molecule has 18 heteroatoms. The molecule has 0 aliphatic heterocycles. The maximum absolute atomic E-state index is 13.6. The van der Waals surface area contributed by atoms with Crippen LogP contribution in [0.15, 0.2) is 66.7 Å². The summed E-state index contributed by atoms with van der Waals surface area (Å²) in [6, 6.07) is 17.7. The van der Waals surface area contributed by atoms with Gasteiger partial charge < -0.3 is 25.6 Å². The average Bonchev–Trinajstić information content (AvgIpc) is 3.58. The topological polar surface area (TPSA) is 230 Å². The number of aromatic nitrogens is 4. The zero-order valence-corrected chi connectivity index (χ0v) is 25.8. The van der Waals surface area contributed by atoms with Crippen LogP contribution in [0.5, 0.6) is 11.5 Å².